The topological polar surface area (TPSA) is 76.8 Å². The van der Waals surface area contributed by atoms with E-state index in [1.807, 2.05) is 6.07 Å². The molecule has 1 saturated carbocycles. The van der Waals surface area contributed by atoms with Gasteiger partial charge in [0.25, 0.3) is 0 Å². The van der Waals surface area contributed by atoms with Crippen molar-refractivity contribution in [3.8, 4) is 11.5 Å². The second-order valence-electron chi connectivity index (χ2n) is 4.64. The molecule has 0 unspecified atom stereocenters. The Balaban J connectivity index is 1.78. The maximum absolute atomic E-state index is 5.13. The number of H-pyrrole nitrogens is 1. The summed E-state index contributed by atoms with van der Waals surface area (Å²) in [7, 11) is 1.62. The maximum Gasteiger partial charge on any atom is 0.203 e. The number of aromatic nitrogens is 4. The normalized spacial score (nSPS) is 16.5. The predicted molar refractivity (Wildman–Crippen MR) is 63.8 cm³/mol. The van der Waals surface area contributed by atoms with Gasteiger partial charge in [-0.05, 0) is 12.8 Å². The number of rotatable bonds is 4. The van der Waals surface area contributed by atoms with E-state index in [1.165, 1.54) is 25.7 Å². The van der Waals surface area contributed by atoms with Crippen molar-refractivity contribution in [1.82, 2.24) is 20.3 Å². The van der Waals surface area contributed by atoms with E-state index in [9.17, 15) is 0 Å². The molecule has 6 nitrogen and oxygen atoms in total. The van der Waals surface area contributed by atoms with Crippen molar-refractivity contribution in [2.45, 2.75) is 38.2 Å². The molecule has 1 N–H and O–H groups in total. The lowest BCUT2D eigenvalue weighted by Gasteiger charge is -2.01. The van der Waals surface area contributed by atoms with Gasteiger partial charge in [0.2, 0.25) is 5.82 Å². The number of hydrogen-bond acceptors (Lipinski definition) is 5. The van der Waals surface area contributed by atoms with Crippen molar-refractivity contribution < 1.29 is 9.26 Å². The second kappa shape index (κ2) is 4.89. The van der Waals surface area contributed by atoms with Gasteiger partial charge in [0.05, 0.1) is 0 Å². The molecule has 0 radical (unpaired) electrons. The molecule has 0 saturated heterocycles. The summed E-state index contributed by atoms with van der Waals surface area (Å²) < 4.78 is 10.1. The first-order chi connectivity index (χ1) is 8.86. The van der Waals surface area contributed by atoms with Gasteiger partial charge in [-0.25, -0.2) is 4.98 Å². The molecule has 96 valence electrons. The van der Waals surface area contributed by atoms with Crippen molar-refractivity contribution in [2.75, 3.05) is 7.11 Å². The van der Waals surface area contributed by atoms with Crippen LogP contribution in [0.15, 0.2) is 10.6 Å². The minimum absolute atomic E-state index is 0.410. The Hall–Kier alpha value is -1.69. The highest BCUT2D eigenvalue weighted by Gasteiger charge is 2.21. The number of hydrogen-bond donors (Lipinski definition) is 1. The summed E-state index contributed by atoms with van der Waals surface area (Å²) in [4.78, 5) is 4.51. The zero-order valence-corrected chi connectivity index (χ0v) is 10.3. The van der Waals surface area contributed by atoms with Crippen LogP contribution in [0.4, 0.5) is 0 Å². The van der Waals surface area contributed by atoms with E-state index in [0.29, 0.717) is 29.8 Å². The Morgan fingerprint density at radius 1 is 1.44 bits per heavy atom. The Labute approximate surface area is 105 Å². The van der Waals surface area contributed by atoms with Crippen LogP contribution in [0.3, 0.4) is 0 Å². The average molecular weight is 248 g/mol. The van der Waals surface area contributed by atoms with Gasteiger partial charge in [-0.1, -0.05) is 18.0 Å². The largest absolute Gasteiger partial charge is 0.377 e. The van der Waals surface area contributed by atoms with Gasteiger partial charge in [0, 0.05) is 19.1 Å². The van der Waals surface area contributed by atoms with Crippen LogP contribution >= 0.6 is 0 Å². The van der Waals surface area contributed by atoms with E-state index in [4.69, 9.17) is 9.26 Å². The van der Waals surface area contributed by atoms with Crippen LogP contribution in [-0.4, -0.2) is 27.4 Å². The third-order valence-corrected chi connectivity index (χ3v) is 3.32. The van der Waals surface area contributed by atoms with Gasteiger partial charge in [-0.15, -0.1) is 0 Å². The summed E-state index contributed by atoms with van der Waals surface area (Å²) in [5.74, 6) is 2.78. The number of ether oxygens (including phenoxy) is 1. The second-order valence-corrected chi connectivity index (χ2v) is 4.64. The van der Waals surface area contributed by atoms with Gasteiger partial charge >= 0.3 is 0 Å². The van der Waals surface area contributed by atoms with Crippen LogP contribution in [0.1, 0.15) is 43.2 Å². The first-order valence-electron chi connectivity index (χ1n) is 6.24. The summed E-state index contributed by atoms with van der Waals surface area (Å²) in [5, 5.41) is 11.2. The molecule has 2 heterocycles. The molecule has 18 heavy (non-hydrogen) atoms. The van der Waals surface area contributed by atoms with Crippen LogP contribution in [0.25, 0.3) is 11.5 Å². The zero-order valence-electron chi connectivity index (χ0n) is 10.3. The molecule has 1 aliphatic rings. The SMILES string of the molecule is COCc1cc(-c2n[nH]c(C3CCCC3)n2)no1. The Morgan fingerprint density at radius 2 is 2.28 bits per heavy atom. The maximum atomic E-state index is 5.13. The van der Waals surface area contributed by atoms with Crippen molar-refractivity contribution >= 4 is 0 Å². The molecule has 0 amide bonds. The smallest absolute Gasteiger partial charge is 0.203 e. The lowest BCUT2D eigenvalue weighted by molar-refractivity contribution is 0.156. The molecular weight excluding hydrogens is 232 g/mol. The van der Waals surface area contributed by atoms with Crippen LogP contribution in [0.5, 0.6) is 0 Å². The minimum atomic E-state index is 0.410. The number of methoxy groups -OCH3 is 1. The summed E-state index contributed by atoms with van der Waals surface area (Å²) in [6.45, 7) is 0.410. The van der Waals surface area contributed by atoms with Crippen molar-refractivity contribution in [1.29, 1.82) is 0 Å². The molecule has 0 aromatic carbocycles. The van der Waals surface area contributed by atoms with E-state index in [-0.39, 0.29) is 0 Å². The fourth-order valence-electron chi connectivity index (χ4n) is 2.40. The van der Waals surface area contributed by atoms with Crippen LogP contribution in [0.2, 0.25) is 0 Å². The third kappa shape index (κ3) is 2.15. The van der Waals surface area contributed by atoms with Crippen LogP contribution in [-0.2, 0) is 11.3 Å². The first kappa shape index (κ1) is 11.4. The van der Waals surface area contributed by atoms with Crippen molar-refractivity contribution in [3.63, 3.8) is 0 Å². The van der Waals surface area contributed by atoms with Gasteiger partial charge < -0.3 is 9.26 Å². The molecule has 0 bridgehead atoms. The third-order valence-electron chi connectivity index (χ3n) is 3.32. The first-order valence-corrected chi connectivity index (χ1v) is 6.24. The number of nitrogens with zero attached hydrogens (tertiary/aromatic N) is 3. The molecular formula is C12H16N4O2. The summed E-state index contributed by atoms with van der Waals surface area (Å²) in [6.07, 6.45) is 4.95. The Bertz CT molecular complexity index is 514. The fraction of sp³-hybridized carbons (Fsp3) is 0.583. The van der Waals surface area contributed by atoms with Gasteiger partial charge in [-0.2, -0.15) is 5.10 Å². The highest BCUT2D eigenvalue weighted by atomic mass is 16.5. The standard InChI is InChI=1S/C12H16N4O2/c1-17-7-9-6-10(16-18-9)12-13-11(14-15-12)8-4-2-3-5-8/h6,8H,2-5,7H2,1H3,(H,13,14,15). The highest BCUT2D eigenvalue weighted by molar-refractivity contribution is 5.47. The van der Waals surface area contributed by atoms with Crippen molar-refractivity contribution in [3.05, 3.63) is 17.7 Å². The molecule has 3 rings (SSSR count). The van der Waals surface area contributed by atoms with E-state index >= 15 is 0 Å². The van der Waals surface area contributed by atoms with Crippen molar-refractivity contribution in [2.24, 2.45) is 0 Å². The quantitative estimate of drug-likeness (QED) is 0.898. The molecule has 1 aliphatic carbocycles. The van der Waals surface area contributed by atoms with E-state index in [1.54, 1.807) is 7.11 Å². The highest BCUT2D eigenvalue weighted by Crippen LogP contribution is 2.32. The summed E-state index contributed by atoms with van der Waals surface area (Å²) in [6, 6.07) is 1.81. The van der Waals surface area contributed by atoms with Gasteiger partial charge in [-0.3, -0.25) is 5.10 Å². The summed E-state index contributed by atoms with van der Waals surface area (Å²) >= 11 is 0. The number of nitrogens with one attached hydrogen (secondary N) is 1. The van der Waals surface area contributed by atoms with Gasteiger partial charge in [0.1, 0.15) is 12.4 Å². The van der Waals surface area contributed by atoms with E-state index in [0.717, 1.165) is 5.82 Å². The fourth-order valence-corrected chi connectivity index (χ4v) is 2.40. The summed E-state index contributed by atoms with van der Waals surface area (Å²) in [5.41, 5.74) is 0.655. The monoisotopic (exact) mass is 248 g/mol. The zero-order chi connectivity index (χ0) is 12.4. The van der Waals surface area contributed by atoms with Crippen LogP contribution < -0.4 is 0 Å². The molecule has 0 atom stereocenters. The lowest BCUT2D eigenvalue weighted by atomic mass is 10.1. The molecule has 0 spiro atoms. The molecule has 2 aromatic heterocycles. The van der Waals surface area contributed by atoms with E-state index < -0.39 is 0 Å². The molecule has 2 aromatic rings. The Kier molecular flexibility index (Phi) is 3.10. The Morgan fingerprint density at radius 3 is 3.06 bits per heavy atom. The van der Waals surface area contributed by atoms with E-state index in [2.05, 4.69) is 20.3 Å². The minimum Gasteiger partial charge on any atom is -0.377 e. The predicted octanol–water partition coefficient (Wildman–Crippen LogP) is 2.26. The number of aromatic amines is 1. The van der Waals surface area contributed by atoms with Crippen LogP contribution in [0, 0.1) is 0 Å². The average Bonchev–Trinajstić information content (AvgIpc) is 3.10. The molecule has 0 aliphatic heterocycles. The molecule has 1 fully saturated rings. The molecule has 6 heteroatoms. The lowest BCUT2D eigenvalue weighted by Crippen LogP contribution is -1.94. The van der Waals surface area contributed by atoms with Gasteiger partial charge in [0.15, 0.2) is 11.5 Å².